The molecule has 3 aromatic rings. The van der Waals surface area contributed by atoms with Crippen molar-refractivity contribution in [2.45, 2.75) is 13.5 Å². The number of rotatable bonds is 6. The molecule has 152 valence electrons. The van der Waals surface area contributed by atoms with Gasteiger partial charge in [-0.2, -0.15) is 0 Å². The molecule has 2 aromatic carbocycles. The van der Waals surface area contributed by atoms with E-state index < -0.39 is 0 Å². The van der Waals surface area contributed by atoms with E-state index in [1.54, 1.807) is 30.5 Å². The highest BCUT2D eigenvalue weighted by atomic mass is 32.1. The van der Waals surface area contributed by atoms with Crippen LogP contribution in [0.5, 0.6) is 11.5 Å². The Bertz CT molecular complexity index is 964. The predicted molar refractivity (Wildman–Crippen MR) is 118 cm³/mol. The molecule has 2 heterocycles. The number of thiazole rings is 1. The molecule has 1 aromatic heterocycles. The third kappa shape index (κ3) is 4.38. The Morgan fingerprint density at radius 2 is 1.79 bits per heavy atom. The minimum absolute atomic E-state index is 0.736. The van der Waals surface area contributed by atoms with Crippen LogP contribution in [-0.2, 0) is 6.54 Å². The van der Waals surface area contributed by atoms with E-state index in [4.69, 9.17) is 14.5 Å². The molecule has 0 saturated carbocycles. The molecule has 0 unspecified atom stereocenters. The number of hydrogen-bond donors (Lipinski definition) is 1. The summed E-state index contributed by atoms with van der Waals surface area (Å²) in [4.78, 5) is 8.99. The number of nitrogens with zero attached hydrogens (tertiary/aromatic N) is 2. The molecule has 0 radical (unpaired) electrons. The third-order valence-electron chi connectivity index (χ3n) is 5.54. The van der Waals surface area contributed by atoms with Gasteiger partial charge in [-0.15, -0.1) is 11.3 Å². The zero-order chi connectivity index (χ0) is 20.2. The van der Waals surface area contributed by atoms with E-state index in [0.29, 0.717) is 0 Å². The summed E-state index contributed by atoms with van der Waals surface area (Å²) in [5.74, 6) is 1.48. The molecule has 0 spiro atoms. The number of ether oxygens (including phenoxy) is 2. The minimum atomic E-state index is 0.736. The normalized spacial score (nSPS) is 14.8. The number of hydrogen-bond acceptors (Lipinski definition) is 5. The number of methoxy groups -OCH3 is 2. The molecule has 0 atom stereocenters. The maximum Gasteiger partial charge on any atom is 0.161 e. The van der Waals surface area contributed by atoms with Gasteiger partial charge in [0.1, 0.15) is 17.2 Å². The average molecular weight is 411 g/mol. The van der Waals surface area contributed by atoms with E-state index in [0.717, 1.165) is 54.8 Å². The van der Waals surface area contributed by atoms with Crippen molar-refractivity contribution in [1.29, 1.82) is 0 Å². The van der Waals surface area contributed by atoms with Gasteiger partial charge in [-0.3, -0.25) is 0 Å². The Hall–Kier alpha value is -2.57. The molecule has 1 aliphatic rings. The van der Waals surface area contributed by atoms with Gasteiger partial charge in [0, 0.05) is 16.6 Å². The second-order valence-corrected chi connectivity index (χ2v) is 8.27. The van der Waals surface area contributed by atoms with E-state index in [2.05, 4.69) is 41.5 Å². The summed E-state index contributed by atoms with van der Waals surface area (Å²) in [6.07, 6.45) is 0. The van der Waals surface area contributed by atoms with E-state index >= 15 is 0 Å². The van der Waals surface area contributed by atoms with Crippen LogP contribution in [0, 0.1) is 6.92 Å². The summed E-state index contributed by atoms with van der Waals surface area (Å²) in [5.41, 5.74) is 4.96. The lowest BCUT2D eigenvalue weighted by atomic mass is 10.1. The van der Waals surface area contributed by atoms with Crippen molar-refractivity contribution in [2.75, 3.05) is 45.3 Å². The van der Waals surface area contributed by atoms with Gasteiger partial charge in [-0.25, -0.2) is 4.98 Å². The predicted octanol–water partition coefficient (Wildman–Crippen LogP) is 3.04. The number of nitrogens with one attached hydrogen (secondary N) is 1. The quantitative estimate of drug-likeness (QED) is 0.678. The van der Waals surface area contributed by atoms with Crippen LogP contribution in [0.15, 0.2) is 47.8 Å². The molecule has 6 heteroatoms. The lowest BCUT2D eigenvalue weighted by Crippen LogP contribution is -3.13. The summed E-state index contributed by atoms with van der Waals surface area (Å²) in [6.45, 7) is 7.62. The topological polar surface area (TPSA) is 39.0 Å². The van der Waals surface area contributed by atoms with Crippen LogP contribution in [-0.4, -0.2) is 45.4 Å². The molecule has 1 aliphatic heterocycles. The standard InChI is InChI=1S/C23H27N3O2S/c1-17-6-4-5-7-20(17)26-12-10-25(11-13-26)15-19-16-29-23(24-19)18-8-9-21(27-2)22(14-18)28-3/h4-9,14,16H,10-13,15H2,1-3H3/p+1. The first-order chi connectivity index (χ1) is 14.2. The smallest absolute Gasteiger partial charge is 0.161 e. The summed E-state index contributed by atoms with van der Waals surface area (Å²) >= 11 is 1.69. The van der Waals surface area contributed by atoms with E-state index in [1.807, 2.05) is 18.2 Å². The van der Waals surface area contributed by atoms with Crippen LogP contribution < -0.4 is 19.3 Å². The highest BCUT2D eigenvalue weighted by Crippen LogP contribution is 2.33. The molecule has 0 amide bonds. The molecule has 0 bridgehead atoms. The van der Waals surface area contributed by atoms with Gasteiger partial charge in [0.25, 0.3) is 0 Å². The zero-order valence-corrected chi connectivity index (χ0v) is 18.1. The molecule has 5 nitrogen and oxygen atoms in total. The molecule has 29 heavy (non-hydrogen) atoms. The number of aromatic nitrogens is 1. The van der Waals surface area contributed by atoms with Crippen molar-refractivity contribution in [1.82, 2.24) is 4.98 Å². The number of quaternary nitrogens is 1. The molecule has 1 fully saturated rings. The number of para-hydroxylation sites is 1. The molecule has 4 rings (SSSR count). The molecule has 1 N–H and O–H groups in total. The summed E-state index contributed by atoms with van der Waals surface area (Å²) in [6, 6.07) is 14.6. The van der Waals surface area contributed by atoms with Crippen LogP contribution >= 0.6 is 11.3 Å². The van der Waals surface area contributed by atoms with Gasteiger partial charge in [0.05, 0.1) is 40.4 Å². The Morgan fingerprint density at radius 1 is 1.03 bits per heavy atom. The molecular formula is C23H28N3O2S+. The van der Waals surface area contributed by atoms with Gasteiger partial charge in [0.15, 0.2) is 11.5 Å². The van der Waals surface area contributed by atoms with Crippen LogP contribution in [0.3, 0.4) is 0 Å². The van der Waals surface area contributed by atoms with Crippen molar-refractivity contribution >= 4 is 17.0 Å². The van der Waals surface area contributed by atoms with Crippen molar-refractivity contribution in [3.63, 3.8) is 0 Å². The van der Waals surface area contributed by atoms with Crippen LogP contribution in [0.2, 0.25) is 0 Å². The first kappa shape index (κ1) is 19.7. The Labute approximate surface area is 176 Å². The highest BCUT2D eigenvalue weighted by molar-refractivity contribution is 7.13. The largest absolute Gasteiger partial charge is 0.493 e. The highest BCUT2D eigenvalue weighted by Gasteiger charge is 2.22. The zero-order valence-electron chi connectivity index (χ0n) is 17.3. The first-order valence-corrected chi connectivity index (χ1v) is 10.9. The van der Waals surface area contributed by atoms with E-state index in [-0.39, 0.29) is 0 Å². The third-order valence-corrected chi connectivity index (χ3v) is 6.48. The van der Waals surface area contributed by atoms with Crippen LogP contribution in [0.4, 0.5) is 5.69 Å². The lowest BCUT2D eigenvalue weighted by molar-refractivity contribution is -0.914. The average Bonchev–Trinajstić information content (AvgIpc) is 3.23. The lowest BCUT2D eigenvalue weighted by Gasteiger charge is -2.34. The van der Waals surface area contributed by atoms with Gasteiger partial charge in [-0.1, -0.05) is 18.2 Å². The van der Waals surface area contributed by atoms with Crippen molar-refractivity contribution in [2.24, 2.45) is 0 Å². The first-order valence-electron chi connectivity index (χ1n) is 9.99. The second-order valence-electron chi connectivity index (χ2n) is 7.41. The van der Waals surface area contributed by atoms with Crippen molar-refractivity contribution in [3.05, 3.63) is 59.1 Å². The number of anilines is 1. The number of piperazine rings is 1. The van der Waals surface area contributed by atoms with Crippen LogP contribution in [0.25, 0.3) is 10.6 Å². The molecular weight excluding hydrogens is 382 g/mol. The van der Waals surface area contributed by atoms with Gasteiger partial charge < -0.3 is 19.3 Å². The van der Waals surface area contributed by atoms with Gasteiger partial charge in [0.2, 0.25) is 0 Å². The fourth-order valence-corrected chi connectivity index (χ4v) is 4.72. The Balaban J connectivity index is 1.38. The maximum absolute atomic E-state index is 5.42. The summed E-state index contributed by atoms with van der Waals surface area (Å²) in [5, 5.41) is 3.21. The Morgan fingerprint density at radius 3 is 2.52 bits per heavy atom. The minimum Gasteiger partial charge on any atom is -0.493 e. The van der Waals surface area contributed by atoms with Gasteiger partial charge >= 0.3 is 0 Å². The number of aryl methyl sites for hydroxylation is 1. The second kappa shape index (κ2) is 8.84. The SMILES string of the molecule is COc1ccc(-c2nc(C[NH+]3CCN(c4ccccc4C)CC3)cs2)cc1OC. The van der Waals surface area contributed by atoms with E-state index in [9.17, 15) is 0 Å². The van der Waals surface area contributed by atoms with Crippen molar-refractivity contribution < 1.29 is 14.4 Å². The molecule has 0 aliphatic carbocycles. The monoisotopic (exact) mass is 410 g/mol. The summed E-state index contributed by atoms with van der Waals surface area (Å²) < 4.78 is 10.8. The van der Waals surface area contributed by atoms with E-state index in [1.165, 1.54) is 16.9 Å². The van der Waals surface area contributed by atoms with Gasteiger partial charge in [-0.05, 0) is 36.8 Å². The summed E-state index contributed by atoms with van der Waals surface area (Å²) in [7, 11) is 3.31. The molecule has 1 saturated heterocycles. The van der Waals surface area contributed by atoms with Crippen LogP contribution in [0.1, 0.15) is 11.3 Å². The number of benzene rings is 2. The van der Waals surface area contributed by atoms with Crippen molar-refractivity contribution in [3.8, 4) is 22.1 Å². The Kier molecular flexibility index (Phi) is 6.02. The fraction of sp³-hybridized carbons (Fsp3) is 0.348. The fourth-order valence-electron chi connectivity index (χ4n) is 3.91. The maximum atomic E-state index is 5.42.